The molecular formula is C29H34N2O3. The Bertz CT molecular complexity index is 1140. The first-order valence-electron chi connectivity index (χ1n) is 12.0. The fraction of sp³-hybridized carbons (Fsp3) is 0.345. The first-order valence-corrected chi connectivity index (χ1v) is 12.0. The molecule has 1 aliphatic carbocycles. The molecule has 2 N–H and O–H groups in total. The molecule has 0 radical (unpaired) electrons. The predicted octanol–water partition coefficient (Wildman–Crippen LogP) is 4.96. The number of nitrogens with one attached hydrogen (secondary N) is 2. The van der Waals surface area contributed by atoms with Crippen molar-refractivity contribution in [2.75, 3.05) is 20.2 Å². The molecule has 0 saturated carbocycles. The van der Waals surface area contributed by atoms with Crippen LogP contribution in [0.25, 0.3) is 11.1 Å². The van der Waals surface area contributed by atoms with Gasteiger partial charge in [-0.2, -0.15) is 0 Å². The Kier molecular flexibility index (Phi) is 7.86. The highest BCUT2D eigenvalue weighted by atomic mass is 16.5. The number of hydrogen-bond donors (Lipinski definition) is 2. The summed E-state index contributed by atoms with van der Waals surface area (Å²) in [5.74, 6) is 1.78. The second kappa shape index (κ2) is 11.2. The SMILES string of the molecule is COc1cc(OCc2cccc(-c3ccccc3)c2C)c2c(c1CNCCNC(C)=O)CCC2. The monoisotopic (exact) mass is 458 g/mol. The van der Waals surface area contributed by atoms with E-state index in [0.717, 1.165) is 30.8 Å². The van der Waals surface area contributed by atoms with Crippen LogP contribution in [-0.2, 0) is 30.8 Å². The number of fused-ring (bicyclic) bond motifs is 1. The van der Waals surface area contributed by atoms with Crippen molar-refractivity contribution in [3.8, 4) is 22.6 Å². The van der Waals surface area contributed by atoms with E-state index in [0.29, 0.717) is 26.2 Å². The molecule has 0 aliphatic heterocycles. The highest BCUT2D eigenvalue weighted by Crippen LogP contribution is 2.39. The maximum atomic E-state index is 11.1. The summed E-state index contributed by atoms with van der Waals surface area (Å²) in [6.07, 6.45) is 3.19. The molecule has 0 saturated heterocycles. The number of methoxy groups -OCH3 is 1. The fourth-order valence-electron chi connectivity index (χ4n) is 4.76. The Morgan fingerprint density at radius 2 is 1.76 bits per heavy atom. The summed E-state index contributed by atoms with van der Waals surface area (Å²) in [4.78, 5) is 11.1. The zero-order chi connectivity index (χ0) is 23.9. The molecule has 5 nitrogen and oxygen atoms in total. The van der Waals surface area contributed by atoms with Crippen LogP contribution in [0.3, 0.4) is 0 Å². The number of benzene rings is 3. The van der Waals surface area contributed by atoms with Crippen LogP contribution in [0.4, 0.5) is 0 Å². The number of amides is 1. The second-order valence-corrected chi connectivity index (χ2v) is 8.77. The lowest BCUT2D eigenvalue weighted by atomic mass is 9.97. The fourth-order valence-corrected chi connectivity index (χ4v) is 4.76. The van der Waals surface area contributed by atoms with Gasteiger partial charge in [-0.3, -0.25) is 4.79 Å². The maximum absolute atomic E-state index is 11.1. The molecule has 5 heteroatoms. The summed E-state index contributed by atoms with van der Waals surface area (Å²) in [5.41, 5.74) is 8.75. The van der Waals surface area contributed by atoms with E-state index >= 15 is 0 Å². The standard InChI is InChI=1S/C29H34N2O3/c1-20-23(11-7-12-24(20)22-9-5-4-6-10-22)19-34-29-17-28(33-3)27(25-13-8-14-26(25)29)18-30-15-16-31-21(2)32/h4-7,9-12,17,30H,8,13-16,18-19H2,1-3H3,(H,31,32). The quantitative estimate of drug-likeness (QED) is 0.422. The molecule has 178 valence electrons. The van der Waals surface area contributed by atoms with Gasteiger partial charge in [-0.1, -0.05) is 48.5 Å². The molecule has 0 atom stereocenters. The van der Waals surface area contributed by atoms with Crippen molar-refractivity contribution < 1.29 is 14.3 Å². The van der Waals surface area contributed by atoms with E-state index in [-0.39, 0.29) is 5.91 Å². The van der Waals surface area contributed by atoms with Gasteiger partial charge >= 0.3 is 0 Å². The maximum Gasteiger partial charge on any atom is 0.216 e. The van der Waals surface area contributed by atoms with Crippen LogP contribution >= 0.6 is 0 Å². The van der Waals surface area contributed by atoms with Crippen LogP contribution in [0.2, 0.25) is 0 Å². The van der Waals surface area contributed by atoms with Crippen molar-refractivity contribution in [3.63, 3.8) is 0 Å². The van der Waals surface area contributed by atoms with Crippen LogP contribution in [0.5, 0.6) is 11.5 Å². The van der Waals surface area contributed by atoms with Crippen molar-refractivity contribution in [1.29, 1.82) is 0 Å². The summed E-state index contributed by atoms with van der Waals surface area (Å²) in [6, 6.07) is 19.0. The van der Waals surface area contributed by atoms with Crippen molar-refractivity contribution in [2.45, 2.75) is 46.3 Å². The van der Waals surface area contributed by atoms with Crippen molar-refractivity contribution in [3.05, 3.63) is 82.4 Å². The first kappa shape index (κ1) is 23.8. The highest BCUT2D eigenvalue weighted by Gasteiger charge is 2.23. The summed E-state index contributed by atoms with van der Waals surface area (Å²) in [7, 11) is 1.72. The highest BCUT2D eigenvalue weighted by molar-refractivity contribution is 5.72. The molecule has 0 bridgehead atoms. The Morgan fingerprint density at radius 3 is 2.53 bits per heavy atom. The van der Waals surface area contributed by atoms with Gasteiger partial charge in [-0.25, -0.2) is 0 Å². The molecule has 0 spiro atoms. The molecule has 34 heavy (non-hydrogen) atoms. The van der Waals surface area contributed by atoms with Gasteiger partial charge < -0.3 is 20.1 Å². The van der Waals surface area contributed by atoms with Gasteiger partial charge in [0.25, 0.3) is 0 Å². The Morgan fingerprint density at radius 1 is 0.971 bits per heavy atom. The molecule has 1 amide bonds. The molecule has 0 aromatic heterocycles. The van der Waals surface area contributed by atoms with Crippen LogP contribution in [-0.4, -0.2) is 26.1 Å². The smallest absolute Gasteiger partial charge is 0.216 e. The number of carbonyl (C=O) groups excluding carboxylic acids is 1. The van der Waals surface area contributed by atoms with Crippen LogP contribution in [0.1, 0.15) is 41.2 Å². The first-order chi connectivity index (χ1) is 16.6. The zero-order valence-corrected chi connectivity index (χ0v) is 20.4. The van der Waals surface area contributed by atoms with E-state index in [1.165, 1.54) is 45.9 Å². The van der Waals surface area contributed by atoms with Gasteiger partial charge in [0, 0.05) is 38.2 Å². The van der Waals surface area contributed by atoms with Gasteiger partial charge in [0.15, 0.2) is 0 Å². The molecule has 3 aromatic rings. The molecule has 1 aliphatic rings. The van der Waals surface area contributed by atoms with Gasteiger partial charge in [0.05, 0.1) is 7.11 Å². The lowest BCUT2D eigenvalue weighted by Crippen LogP contribution is -2.30. The number of ether oxygens (including phenoxy) is 2. The lowest BCUT2D eigenvalue weighted by Gasteiger charge is -2.19. The van der Waals surface area contributed by atoms with Gasteiger partial charge in [0.2, 0.25) is 5.91 Å². The third-order valence-electron chi connectivity index (χ3n) is 6.55. The summed E-state index contributed by atoms with van der Waals surface area (Å²) in [6.45, 7) is 6.27. The van der Waals surface area contributed by atoms with E-state index in [1.54, 1.807) is 7.11 Å². The van der Waals surface area contributed by atoms with Crippen LogP contribution < -0.4 is 20.1 Å². The molecule has 0 unspecified atom stereocenters. The molecular weight excluding hydrogens is 424 g/mol. The van der Waals surface area contributed by atoms with Crippen LogP contribution in [0, 0.1) is 6.92 Å². The predicted molar refractivity (Wildman–Crippen MR) is 136 cm³/mol. The zero-order valence-electron chi connectivity index (χ0n) is 20.4. The summed E-state index contributed by atoms with van der Waals surface area (Å²) < 4.78 is 12.2. The van der Waals surface area contributed by atoms with Gasteiger partial charge in [-0.05, 0) is 59.6 Å². The average molecular weight is 459 g/mol. The number of hydrogen-bond acceptors (Lipinski definition) is 4. The average Bonchev–Trinajstić information content (AvgIpc) is 3.34. The van der Waals surface area contributed by atoms with E-state index in [1.807, 2.05) is 12.1 Å². The Hall–Kier alpha value is -3.31. The lowest BCUT2D eigenvalue weighted by molar-refractivity contribution is -0.118. The third kappa shape index (κ3) is 5.42. The normalized spacial score (nSPS) is 12.3. The Labute approximate surface area is 202 Å². The van der Waals surface area contributed by atoms with Crippen LogP contribution in [0.15, 0.2) is 54.6 Å². The minimum atomic E-state index is -0.00804. The topological polar surface area (TPSA) is 59.6 Å². The minimum absolute atomic E-state index is 0.00804. The third-order valence-corrected chi connectivity index (χ3v) is 6.55. The number of rotatable bonds is 10. The van der Waals surface area contributed by atoms with Crippen molar-refractivity contribution in [2.24, 2.45) is 0 Å². The van der Waals surface area contributed by atoms with E-state index < -0.39 is 0 Å². The summed E-state index contributed by atoms with van der Waals surface area (Å²) >= 11 is 0. The van der Waals surface area contributed by atoms with E-state index in [4.69, 9.17) is 9.47 Å². The second-order valence-electron chi connectivity index (χ2n) is 8.77. The van der Waals surface area contributed by atoms with Gasteiger partial charge in [0.1, 0.15) is 18.1 Å². The van der Waals surface area contributed by atoms with Gasteiger partial charge in [-0.15, -0.1) is 0 Å². The number of carbonyl (C=O) groups is 1. The molecule has 0 heterocycles. The minimum Gasteiger partial charge on any atom is -0.496 e. The van der Waals surface area contributed by atoms with Crippen molar-refractivity contribution in [1.82, 2.24) is 10.6 Å². The Balaban J connectivity index is 1.51. The molecule has 3 aromatic carbocycles. The van der Waals surface area contributed by atoms with E-state index in [9.17, 15) is 4.79 Å². The molecule has 4 rings (SSSR count). The summed E-state index contributed by atoms with van der Waals surface area (Å²) in [5, 5.41) is 6.25. The molecule has 0 fully saturated rings. The van der Waals surface area contributed by atoms with Crippen molar-refractivity contribution >= 4 is 5.91 Å². The van der Waals surface area contributed by atoms with E-state index in [2.05, 4.69) is 60.0 Å². The largest absolute Gasteiger partial charge is 0.496 e.